The molecule has 3 saturated heterocycles. The Morgan fingerprint density at radius 1 is 0.950 bits per heavy atom. The summed E-state index contributed by atoms with van der Waals surface area (Å²) in [6.07, 6.45) is 5.43. The van der Waals surface area contributed by atoms with Crippen LogP contribution in [0.25, 0.3) is 0 Å². The van der Waals surface area contributed by atoms with Gasteiger partial charge in [0.05, 0.1) is 0 Å². The molecule has 0 aromatic heterocycles. The molecule has 3 rings (SSSR count). The van der Waals surface area contributed by atoms with Crippen LogP contribution in [-0.4, -0.2) is 55.3 Å². The molecule has 0 aliphatic carbocycles. The van der Waals surface area contributed by atoms with Crippen LogP contribution in [0.15, 0.2) is 0 Å². The SMILES string of the molecule is CC1CCCN(S(=O)(=O)N2CCC3CCC(C2)N3)C1.Cl. The van der Waals surface area contributed by atoms with E-state index in [-0.39, 0.29) is 12.4 Å². The predicted octanol–water partition coefficient (Wildman–Crippen LogP) is 1.21. The highest BCUT2D eigenvalue weighted by atomic mass is 35.5. The van der Waals surface area contributed by atoms with E-state index in [1.807, 2.05) is 0 Å². The monoisotopic (exact) mass is 323 g/mol. The summed E-state index contributed by atoms with van der Waals surface area (Å²) in [6, 6.07) is 0.898. The summed E-state index contributed by atoms with van der Waals surface area (Å²) in [5.41, 5.74) is 0. The molecular weight excluding hydrogens is 298 g/mol. The van der Waals surface area contributed by atoms with Crippen LogP contribution in [0.5, 0.6) is 0 Å². The molecule has 0 radical (unpaired) electrons. The number of piperidine rings is 1. The van der Waals surface area contributed by atoms with Crippen LogP contribution < -0.4 is 5.32 Å². The lowest BCUT2D eigenvalue weighted by Crippen LogP contribution is -2.49. The third-order valence-electron chi connectivity index (χ3n) is 4.76. The molecule has 2 bridgehead atoms. The molecule has 118 valence electrons. The minimum Gasteiger partial charge on any atom is -0.310 e. The van der Waals surface area contributed by atoms with Gasteiger partial charge >= 0.3 is 0 Å². The largest absolute Gasteiger partial charge is 0.310 e. The van der Waals surface area contributed by atoms with E-state index in [0.29, 0.717) is 44.2 Å². The second-order valence-electron chi connectivity index (χ2n) is 6.40. The average molecular weight is 324 g/mol. The molecule has 7 heteroatoms. The van der Waals surface area contributed by atoms with Gasteiger partial charge in [0.1, 0.15) is 0 Å². The molecule has 3 heterocycles. The van der Waals surface area contributed by atoms with E-state index in [1.165, 1.54) is 6.42 Å². The van der Waals surface area contributed by atoms with Crippen molar-refractivity contribution in [1.29, 1.82) is 0 Å². The minimum absolute atomic E-state index is 0. The molecular formula is C13H26ClN3O2S. The molecule has 0 spiro atoms. The fourth-order valence-corrected chi connectivity index (χ4v) is 5.47. The summed E-state index contributed by atoms with van der Waals surface area (Å²) < 4.78 is 28.9. The van der Waals surface area contributed by atoms with E-state index in [1.54, 1.807) is 8.61 Å². The smallest absolute Gasteiger partial charge is 0.282 e. The highest BCUT2D eigenvalue weighted by Crippen LogP contribution is 2.25. The molecule has 20 heavy (non-hydrogen) atoms. The van der Waals surface area contributed by atoms with Gasteiger partial charge in [-0.3, -0.25) is 0 Å². The van der Waals surface area contributed by atoms with E-state index in [0.717, 1.165) is 25.7 Å². The zero-order valence-corrected chi connectivity index (χ0v) is 13.8. The van der Waals surface area contributed by atoms with Crippen LogP contribution in [0.1, 0.15) is 39.0 Å². The molecule has 0 aromatic rings. The average Bonchev–Trinajstić information content (AvgIpc) is 2.68. The Bertz CT molecular complexity index is 431. The van der Waals surface area contributed by atoms with Gasteiger partial charge in [-0.05, 0) is 38.0 Å². The van der Waals surface area contributed by atoms with Crippen molar-refractivity contribution in [2.24, 2.45) is 5.92 Å². The number of hydrogen-bond acceptors (Lipinski definition) is 3. The van der Waals surface area contributed by atoms with E-state index >= 15 is 0 Å². The third kappa shape index (κ3) is 3.30. The van der Waals surface area contributed by atoms with E-state index in [9.17, 15) is 8.42 Å². The number of nitrogens with zero attached hydrogens (tertiary/aromatic N) is 2. The van der Waals surface area contributed by atoms with Gasteiger partial charge in [0, 0.05) is 38.3 Å². The van der Waals surface area contributed by atoms with Crippen LogP contribution in [0.3, 0.4) is 0 Å². The molecule has 3 aliphatic heterocycles. The maximum Gasteiger partial charge on any atom is 0.282 e. The van der Waals surface area contributed by atoms with Gasteiger partial charge in [-0.15, -0.1) is 12.4 Å². The first kappa shape index (κ1) is 16.5. The lowest BCUT2D eigenvalue weighted by Gasteiger charge is -2.35. The van der Waals surface area contributed by atoms with Crippen LogP contribution in [0, 0.1) is 5.92 Å². The van der Waals surface area contributed by atoms with E-state index in [4.69, 9.17) is 0 Å². The van der Waals surface area contributed by atoms with Gasteiger partial charge < -0.3 is 5.32 Å². The highest BCUT2D eigenvalue weighted by molar-refractivity contribution is 7.86. The maximum atomic E-state index is 12.7. The molecule has 3 aliphatic rings. The van der Waals surface area contributed by atoms with Crippen molar-refractivity contribution in [3.8, 4) is 0 Å². The Hall–Kier alpha value is 0.120. The van der Waals surface area contributed by atoms with Gasteiger partial charge in [0.15, 0.2) is 0 Å². The van der Waals surface area contributed by atoms with Crippen molar-refractivity contribution in [3.63, 3.8) is 0 Å². The van der Waals surface area contributed by atoms with Crippen molar-refractivity contribution < 1.29 is 8.42 Å². The van der Waals surface area contributed by atoms with Gasteiger partial charge in [-0.2, -0.15) is 17.0 Å². The van der Waals surface area contributed by atoms with Crippen molar-refractivity contribution in [2.45, 2.75) is 51.1 Å². The number of hydrogen-bond donors (Lipinski definition) is 1. The summed E-state index contributed by atoms with van der Waals surface area (Å²) in [5.74, 6) is 0.491. The number of nitrogens with one attached hydrogen (secondary N) is 1. The molecule has 0 amide bonds. The van der Waals surface area contributed by atoms with Crippen LogP contribution in [-0.2, 0) is 10.2 Å². The topological polar surface area (TPSA) is 52.7 Å². The highest BCUT2D eigenvalue weighted by Gasteiger charge is 2.37. The Morgan fingerprint density at radius 3 is 2.40 bits per heavy atom. The summed E-state index contributed by atoms with van der Waals surface area (Å²) in [6.45, 7) is 4.88. The fraction of sp³-hybridized carbons (Fsp3) is 1.00. The Morgan fingerprint density at radius 2 is 1.65 bits per heavy atom. The first-order valence-corrected chi connectivity index (χ1v) is 8.96. The minimum atomic E-state index is -3.24. The van der Waals surface area contributed by atoms with Gasteiger partial charge in [0.2, 0.25) is 0 Å². The standard InChI is InChI=1S/C13H25N3O2S.ClH/c1-11-3-2-7-15(9-11)19(17,18)16-8-6-12-4-5-13(10-16)14-12;/h11-14H,2-10H2,1H3;1H. The fourth-order valence-electron chi connectivity index (χ4n) is 3.64. The third-order valence-corrected chi connectivity index (χ3v) is 6.73. The molecule has 3 atom stereocenters. The molecule has 0 aromatic carbocycles. The normalized spacial score (nSPS) is 36.4. The molecule has 1 N–H and O–H groups in total. The first-order valence-electron chi connectivity index (χ1n) is 7.57. The Kier molecular flexibility index (Phi) is 5.34. The number of fused-ring (bicyclic) bond motifs is 2. The molecule has 3 unspecified atom stereocenters. The number of halogens is 1. The quantitative estimate of drug-likeness (QED) is 0.831. The van der Waals surface area contributed by atoms with Crippen molar-refractivity contribution in [1.82, 2.24) is 13.9 Å². The Labute approximate surface area is 128 Å². The van der Waals surface area contributed by atoms with Crippen molar-refractivity contribution in [2.75, 3.05) is 26.2 Å². The Balaban J connectivity index is 0.00000147. The molecule has 0 saturated carbocycles. The predicted molar refractivity (Wildman–Crippen MR) is 82.3 cm³/mol. The lowest BCUT2D eigenvalue weighted by atomic mass is 10.0. The van der Waals surface area contributed by atoms with E-state index in [2.05, 4.69) is 12.2 Å². The van der Waals surface area contributed by atoms with E-state index < -0.39 is 10.2 Å². The van der Waals surface area contributed by atoms with Crippen LogP contribution in [0.2, 0.25) is 0 Å². The number of rotatable bonds is 2. The first-order chi connectivity index (χ1) is 9.05. The van der Waals surface area contributed by atoms with Gasteiger partial charge in [-0.1, -0.05) is 6.92 Å². The molecule has 5 nitrogen and oxygen atoms in total. The lowest BCUT2D eigenvalue weighted by molar-refractivity contribution is 0.254. The zero-order valence-electron chi connectivity index (χ0n) is 12.1. The zero-order chi connectivity index (χ0) is 13.5. The van der Waals surface area contributed by atoms with Gasteiger partial charge in [-0.25, -0.2) is 0 Å². The summed E-state index contributed by atoms with van der Waals surface area (Å²) in [5, 5.41) is 3.54. The molecule has 3 fully saturated rings. The summed E-state index contributed by atoms with van der Waals surface area (Å²) in [4.78, 5) is 0. The van der Waals surface area contributed by atoms with Crippen molar-refractivity contribution >= 4 is 22.6 Å². The van der Waals surface area contributed by atoms with Crippen LogP contribution in [0.4, 0.5) is 0 Å². The van der Waals surface area contributed by atoms with Crippen LogP contribution >= 0.6 is 12.4 Å². The summed E-state index contributed by atoms with van der Waals surface area (Å²) >= 11 is 0. The second kappa shape index (κ2) is 6.48. The maximum absolute atomic E-state index is 12.7. The second-order valence-corrected chi connectivity index (χ2v) is 8.33. The summed E-state index contributed by atoms with van der Waals surface area (Å²) in [7, 11) is -3.24. The van der Waals surface area contributed by atoms with Gasteiger partial charge in [0.25, 0.3) is 10.2 Å². The van der Waals surface area contributed by atoms with Crippen molar-refractivity contribution in [3.05, 3.63) is 0 Å².